The Morgan fingerprint density at radius 1 is 1.25 bits per heavy atom. The fraction of sp³-hybridized carbons (Fsp3) is 0.0714. The number of thiophene rings is 1. The molecule has 2 aromatic heterocycles. The number of aromatic nitrogens is 2. The molecule has 10 heteroatoms. The molecule has 7 nitrogen and oxygen atoms in total. The molecule has 1 amide bonds. The van der Waals surface area contributed by atoms with Crippen LogP contribution >= 0.6 is 27.3 Å². The topological polar surface area (TPSA) is 102 Å². The monoisotopic (exact) mass is 427 g/mol. The van der Waals surface area contributed by atoms with Gasteiger partial charge in [-0.1, -0.05) is 11.2 Å². The van der Waals surface area contributed by atoms with Crippen LogP contribution in [-0.4, -0.2) is 30.8 Å². The number of nitrogens with one attached hydrogen (secondary N) is 1. The average Bonchev–Trinajstić information content (AvgIpc) is 3.15. The van der Waals surface area contributed by atoms with Gasteiger partial charge in [0.25, 0.3) is 11.8 Å². The molecule has 0 aliphatic heterocycles. The Bertz CT molecular complexity index is 1010. The van der Waals surface area contributed by atoms with Gasteiger partial charge in [0.15, 0.2) is 9.84 Å². The fourth-order valence-electron chi connectivity index (χ4n) is 1.84. The first-order valence-electron chi connectivity index (χ1n) is 6.53. The van der Waals surface area contributed by atoms with Crippen molar-refractivity contribution in [2.24, 2.45) is 0 Å². The van der Waals surface area contributed by atoms with Crippen molar-refractivity contribution in [1.82, 2.24) is 10.2 Å². The lowest BCUT2D eigenvalue weighted by Gasteiger charge is -2.03. The van der Waals surface area contributed by atoms with Crippen LogP contribution in [0.3, 0.4) is 0 Å². The van der Waals surface area contributed by atoms with Gasteiger partial charge in [-0.25, -0.2) is 8.42 Å². The Hall–Kier alpha value is -2.04. The predicted octanol–water partition coefficient (Wildman–Crippen LogP) is 3.22. The lowest BCUT2D eigenvalue weighted by molar-refractivity contribution is 0.102. The standard InChI is InChI=1S/C14H10BrN3O4S2/c1-24(20,21)9-4-2-3-8(7-9)12(19)16-14-18-17-13(22-14)10-5-6-11(15)23-10/h2-7H,1H3,(H,16,18,19). The van der Waals surface area contributed by atoms with Crippen molar-refractivity contribution >= 4 is 49.0 Å². The van der Waals surface area contributed by atoms with E-state index in [1.807, 2.05) is 12.1 Å². The second kappa shape index (κ2) is 6.46. The van der Waals surface area contributed by atoms with Crippen LogP contribution in [0.25, 0.3) is 10.8 Å². The van der Waals surface area contributed by atoms with E-state index in [4.69, 9.17) is 4.42 Å². The molecule has 0 aliphatic rings. The van der Waals surface area contributed by atoms with Gasteiger partial charge in [-0.05, 0) is 46.3 Å². The minimum Gasteiger partial charge on any atom is -0.402 e. The van der Waals surface area contributed by atoms with E-state index in [0.717, 1.165) is 14.9 Å². The number of sulfone groups is 1. The molecular weight excluding hydrogens is 418 g/mol. The summed E-state index contributed by atoms with van der Waals surface area (Å²) in [4.78, 5) is 13.0. The van der Waals surface area contributed by atoms with Gasteiger partial charge >= 0.3 is 6.01 Å². The summed E-state index contributed by atoms with van der Waals surface area (Å²) in [5.74, 6) is -0.256. The largest absolute Gasteiger partial charge is 0.402 e. The first kappa shape index (κ1) is 16.8. The van der Waals surface area contributed by atoms with E-state index in [1.54, 1.807) is 0 Å². The van der Waals surface area contributed by atoms with Gasteiger partial charge in [0, 0.05) is 11.8 Å². The Morgan fingerprint density at radius 3 is 2.71 bits per heavy atom. The SMILES string of the molecule is CS(=O)(=O)c1cccc(C(=O)Nc2nnc(-c3ccc(Br)s3)o2)c1. The molecule has 0 atom stereocenters. The smallest absolute Gasteiger partial charge is 0.322 e. The normalized spacial score (nSPS) is 11.4. The van der Waals surface area contributed by atoms with Crippen LogP contribution < -0.4 is 5.32 Å². The average molecular weight is 428 g/mol. The number of hydrogen-bond donors (Lipinski definition) is 1. The number of rotatable bonds is 4. The summed E-state index contributed by atoms with van der Waals surface area (Å²) in [6.07, 6.45) is 1.08. The zero-order valence-electron chi connectivity index (χ0n) is 12.2. The second-order valence-electron chi connectivity index (χ2n) is 4.77. The van der Waals surface area contributed by atoms with Crippen LogP contribution in [0.15, 0.2) is 49.5 Å². The number of benzene rings is 1. The lowest BCUT2D eigenvalue weighted by Crippen LogP contribution is -2.13. The van der Waals surface area contributed by atoms with E-state index >= 15 is 0 Å². The van der Waals surface area contributed by atoms with Gasteiger partial charge in [-0.2, -0.15) is 0 Å². The molecule has 0 bridgehead atoms. The lowest BCUT2D eigenvalue weighted by atomic mass is 10.2. The second-order valence-corrected chi connectivity index (χ2v) is 9.25. The highest BCUT2D eigenvalue weighted by Crippen LogP contribution is 2.31. The third kappa shape index (κ3) is 3.71. The van der Waals surface area contributed by atoms with Gasteiger partial charge in [-0.15, -0.1) is 16.4 Å². The van der Waals surface area contributed by atoms with E-state index in [9.17, 15) is 13.2 Å². The fourth-order valence-corrected chi connectivity index (χ4v) is 3.81. The minimum atomic E-state index is -3.40. The van der Waals surface area contributed by atoms with Gasteiger partial charge in [0.1, 0.15) is 0 Å². The summed E-state index contributed by atoms with van der Waals surface area (Å²) >= 11 is 4.75. The Kier molecular flexibility index (Phi) is 4.52. The van der Waals surface area contributed by atoms with Gasteiger partial charge < -0.3 is 4.42 Å². The Labute approximate surface area is 149 Å². The number of nitrogens with zero attached hydrogens (tertiary/aromatic N) is 2. The molecule has 0 saturated heterocycles. The molecule has 3 aromatic rings. The summed E-state index contributed by atoms with van der Waals surface area (Å²) in [7, 11) is -3.40. The molecule has 2 heterocycles. The third-order valence-electron chi connectivity index (χ3n) is 2.95. The summed E-state index contributed by atoms with van der Waals surface area (Å²) in [5, 5.41) is 10.1. The molecule has 0 spiro atoms. The summed E-state index contributed by atoms with van der Waals surface area (Å²) < 4.78 is 29.4. The van der Waals surface area contributed by atoms with E-state index in [1.165, 1.54) is 35.6 Å². The summed E-state index contributed by atoms with van der Waals surface area (Å²) in [6.45, 7) is 0. The maximum atomic E-state index is 12.2. The molecule has 1 N–H and O–H groups in total. The molecule has 0 unspecified atom stereocenters. The van der Waals surface area contributed by atoms with Crippen LogP contribution in [0.1, 0.15) is 10.4 Å². The molecule has 0 saturated carbocycles. The van der Waals surface area contributed by atoms with E-state index < -0.39 is 15.7 Å². The van der Waals surface area contributed by atoms with Crippen molar-refractivity contribution in [1.29, 1.82) is 0 Å². The summed E-state index contributed by atoms with van der Waals surface area (Å²) in [6, 6.07) is 9.29. The highest BCUT2D eigenvalue weighted by atomic mass is 79.9. The minimum absolute atomic E-state index is 0.0600. The predicted molar refractivity (Wildman–Crippen MR) is 92.8 cm³/mol. The molecule has 124 valence electrons. The number of amides is 1. The Morgan fingerprint density at radius 2 is 2.04 bits per heavy atom. The van der Waals surface area contributed by atoms with E-state index in [2.05, 4.69) is 31.4 Å². The maximum Gasteiger partial charge on any atom is 0.322 e. The molecular formula is C14H10BrN3O4S2. The molecule has 0 fully saturated rings. The van der Waals surface area contributed by atoms with Crippen molar-refractivity contribution < 1.29 is 17.6 Å². The quantitative estimate of drug-likeness (QED) is 0.685. The number of carbonyl (C=O) groups is 1. The highest BCUT2D eigenvalue weighted by molar-refractivity contribution is 9.11. The molecule has 0 radical (unpaired) electrons. The molecule has 3 rings (SSSR count). The van der Waals surface area contributed by atoms with Gasteiger partial charge in [0.2, 0.25) is 0 Å². The van der Waals surface area contributed by atoms with Crippen LogP contribution in [0.5, 0.6) is 0 Å². The van der Waals surface area contributed by atoms with Crippen molar-refractivity contribution in [3.63, 3.8) is 0 Å². The number of anilines is 1. The van der Waals surface area contributed by atoms with Gasteiger partial charge in [-0.3, -0.25) is 10.1 Å². The van der Waals surface area contributed by atoms with Crippen molar-refractivity contribution in [2.75, 3.05) is 11.6 Å². The van der Waals surface area contributed by atoms with Gasteiger partial charge in [0.05, 0.1) is 13.6 Å². The third-order valence-corrected chi connectivity index (χ3v) is 5.68. The van der Waals surface area contributed by atoms with Crippen molar-refractivity contribution in [3.8, 4) is 10.8 Å². The number of hydrogen-bond acceptors (Lipinski definition) is 7. The Balaban J connectivity index is 1.79. The van der Waals surface area contributed by atoms with Crippen molar-refractivity contribution in [2.45, 2.75) is 4.90 Å². The molecule has 24 heavy (non-hydrogen) atoms. The highest BCUT2D eigenvalue weighted by Gasteiger charge is 2.15. The molecule has 0 aliphatic carbocycles. The molecule has 1 aromatic carbocycles. The zero-order valence-corrected chi connectivity index (χ0v) is 15.4. The van der Waals surface area contributed by atoms with E-state index in [-0.39, 0.29) is 22.4 Å². The van der Waals surface area contributed by atoms with E-state index in [0.29, 0.717) is 0 Å². The van der Waals surface area contributed by atoms with Crippen molar-refractivity contribution in [3.05, 3.63) is 45.7 Å². The number of halogens is 1. The summed E-state index contributed by atoms with van der Waals surface area (Å²) in [5.41, 5.74) is 0.177. The first-order valence-corrected chi connectivity index (χ1v) is 10.0. The first-order chi connectivity index (χ1) is 11.3. The van der Waals surface area contributed by atoms with Crippen LogP contribution in [-0.2, 0) is 9.84 Å². The maximum absolute atomic E-state index is 12.2. The van der Waals surface area contributed by atoms with Crippen LogP contribution in [0.2, 0.25) is 0 Å². The van der Waals surface area contributed by atoms with Crippen LogP contribution in [0.4, 0.5) is 6.01 Å². The zero-order chi connectivity index (χ0) is 17.3. The number of carbonyl (C=O) groups excluding carboxylic acids is 1. The van der Waals surface area contributed by atoms with Crippen LogP contribution in [0, 0.1) is 0 Å².